The molecule has 0 bridgehead atoms. The highest BCUT2D eigenvalue weighted by Gasteiger charge is 2.18. The molecule has 1 heterocycles. The van der Waals surface area contributed by atoms with Gasteiger partial charge in [-0.25, -0.2) is 0 Å². The van der Waals surface area contributed by atoms with Crippen molar-refractivity contribution in [1.82, 2.24) is 9.80 Å². The second-order valence-electron chi connectivity index (χ2n) is 3.63. The Morgan fingerprint density at radius 1 is 1.23 bits per heavy atom. The lowest BCUT2D eigenvalue weighted by molar-refractivity contribution is 0.105. The van der Waals surface area contributed by atoms with E-state index >= 15 is 0 Å². The maximum atomic E-state index is 2.56. The fourth-order valence-corrected chi connectivity index (χ4v) is 1.64. The van der Waals surface area contributed by atoms with Crippen molar-refractivity contribution in [1.29, 1.82) is 0 Å². The quantitative estimate of drug-likeness (QED) is 0.651. The van der Waals surface area contributed by atoms with Crippen LogP contribution in [0, 0.1) is 0 Å². The SMILES string of the molecule is CC.CCCN1CCN(C)[C@@H](C)C1. The molecular weight excluding hydrogens is 160 g/mol. The van der Waals surface area contributed by atoms with Crippen LogP contribution in [0.5, 0.6) is 0 Å². The fraction of sp³-hybridized carbons (Fsp3) is 1.00. The minimum atomic E-state index is 0.746. The molecule has 1 aliphatic rings. The van der Waals surface area contributed by atoms with Gasteiger partial charge in [0.1, 0.15) is 0 Å². The summed E-state index contributed by atoms with van der Waals surface area (Å²) in [5.41, 5.74) is 0. The van der Waals surface area contributed by atoms with E-state index in [4.69, 9.17) is 0 Å². The average molecular weight is 186 g/mol. The minimum Gasteiger partial charge on any atom is -0.301 e. The number of hydrogen-bond donors (Lipinski definition) is 0. The van der Waals surface area contributed by atoms with Gasteiger partial charge in [-0.1, -0.05) is 20.8 Å². The Labute approximate surface area is 83.9 Å². The van der Waals surface area contributed by atoms with Crippen LogP contribution in [0.4, 0.5) is 0 Å². The molecule has 0 spiro atoms. The molecule has 0 aromatic rings. The van der Waals surface area contributed by atoms with Crippen molar-refractivity contribution in [3.8, 4) is 0 Å². The summed E-state index contributed by atoms with van der Waals surface area (Å²) in [7, 11) is 2.22. The molecule has 1 aliphatic heterocycles. The summed E-state index contributed by atoms with van der Waals surface area (Å²) in [4.78, 5) is 5.00. The molecule has 1 atom stereocenters. The zero-order chi connectivity index (χ0) is 10.3. The predicted octanol–water partition coefficient (Wildman–Crippen LogP) is 2.06. The first-order chi connectivity index (χ1) is 6.24. The molecule has 0 unspecified atom stereocenters. The Hall–Kier alpha value is -0.0800. The third-order valence-electron chi connectivity index (χ3n) is 2.58. The summed E-state index contributed by atoms with van der Waals surface area (Å²) >= 11 is 0. The van der Waals surface area contributed by atoms with Gasteiger partial charge in [0, 0.05) is 25.7 Å². The largest absolute Gasteiger partial charge is 0.301 e. The molecule has 1 saturated heterocycles. The van der Waals surface area contributed by atoms with E-state index < -0.39 is 0 Å². The van der Waals surface area contributed by atoms with Crippen molar-refractivity contribution in [2.24, 2.45) is 0 Å². The smallest absolute Gasteiger partial charge is 0.0192 e. The Balaban J connectivity index is 0.000000671. The van der Waals surface area contributed by atoms with Gasteiger partial charge in [-0.3, -0.25) is 0 Å². The summed E-state index contributed by atoms with van der Waals surface area (Å²) in [6, 6.07) is 0.746. The molecule has 2 nitrogen and oxygen atoms in total. The van der Waals surface area contributed by atoms with Gasteiger partial charge < -0.3 is 9.80 Å². The third-order valence-corrected chi connectivity index (χ3v) is 2.58. The molecule has 0 aliphatic carbocycles. The Bertz CT molecular complexity index is 115. The van der Waals surface area contributed by atoms with Crippen LogP contribution in [-0.4, -0.2) is 49.1 Å². The van der Waals surface area contributed by atoms with E-state index in [2.05, 4.69) is 30.7 Å². The average Bonchev–Trinajstić information content (AvgIpc) is 2.15. The van der Waals surface area contributed by atoms with Gasteiger partial charge >= 0.3 is 0 Å². The van der Waals surface area contributed by atoms with Crippen molar-refractivity contribution >= 4 is 0 Å². The van der Waals surface area contributed by atoms with Crippen molar-refractivity contribution in [3.05, 3.63) is 0 Å². The van der Waals surface area contributed by atoms with Crippen LogP contribution in [-0.2, 0) is 0 Å². The molecule has 13 heavy (non-hydrogen) atoms. The molecule has 80 valence electrons. The van der Waals surface area contributed by atoms with E-state index in [-0.39, 0.29) is 0 Å². The van der Waals surface area contributed by atoms with Crippen LogP contribution in [0.25, 0.3) is 0 Å². The molecule has 1 fully saturated rings. The van der Waals surface area contributed by atoms with E-state index in [9.17, 15) is 0 Å². The van der Waals surface area contributed by atoms with Gasteiger partial charge in [-0.2, -0.15) is 0 Å². The van der Waals surface area contributed by atoms with Gasteiger partial charge in [-0.05, 0) is 26.9 Å². The number of piperazine rings is 1. The molecule has 2 heteroatoms. The third kappa shape index (κ3) is 4.63. The zero-order valence-corrected chi connectivity index (χ0v) is 10.0. The van der Waals surface area contributed by atoms with Crippen molar-refractivity contribution in [2.75, 3.05) is 33.2 Å². The van der Waals surface area contributed by atoms with E-state index in [0.29, 0.717) is 0 Å². The summed E-state index contributed by atoms with van der Waals surface area (Å²) in [5.74, 6) is 0. The number of hydrogen-bond acceptors (Lipinski definition) is 2. The van der Waals surface area contributed by atoms with E-state index in [1.54, 1.807) is 0 Å². The van der Waals surface area contributed by atoms with Crippen LogP contribution >= 0.6 is 0 Å². The number of likely N-dealkylation sites (N-methyl/N-ethyl adjacent to an activating group) is 1. The molecule has 0 amide bonds. The van der Waals surface area contributed by atoms with Gasteiger partial charge in [0.05, 0.1) is 0 Å². The highest BCUT2D eigenvalue weighted by atomic mass is 15.3. The maximum Gasteiger partial charge on any atom is 0.0192 e. The van der Waals surface area contributed by atoms with Gasteiger partial charge in [-0.15, -0.1) is 0 Å². The van der Waals surface area contributed by atoms with Crippen molar-refractivity contribution in [3.63, 3.8) is 0 Å². The van der Waals surface area contributed by atoms with E-state index in [1.807, 2.05) is 13.8 Å². The van der Waals surface area contributed by atoms with Crippen molar-refractivity contribution < 1.29 is 0 Å². The van der Waals surface area contributed by atoms with Crippen LogP contribution in [0.3, 0.4) is 0 Å². The molecule has 0 aromatic carbocycles. The number of nitrogens with zero attached hydrogens (tertiary/aromatic N) is 2. The van der Waals surface area contributed by atoms with E-state index in [1.165, 1.54) is 32.6 Å². The predicted molar refractivity (Wildman–Crippen MR) is 60.2 cm³/mol. The Morgan fingerprint density at radius 2 is 1.85 bits per heavy atom. The first-order valence-corrected chi connectivity index (χ1v) is 5.66. The normalized spacial score (nSPS) is 25.2. The monoisotopic (exact) mass is 186 g/mol. The standard InChI is InChI=1S/C9H20N2.C2H6/c1-4-5-11-7-6-10(3)9(2)8-11;1-2/h9H,4-8H2,1-3H3;1-2H3/t9-;/m0./s1. The second-order valence-corrected chi connectivity index (χ2v) is 3.63. The summed E-state index contributed by atoms with van der Waals surface area (Å²) in [5, 5.41) is 0. The lowest BCUT2D eigenvalue weighted by atomic mass is 10.2. The highest BCUT2D eigenvalue weighted by molar-refractivity contribution is 4.75. The summed E-state index contributed by atoms with van der Waals surface area (Å²) in [6.07, 6.45) is 1.29. The molecular formula is C11H26N2. The topological polar surface area (TPSA) is 6.48 Å². The lowest BCUT2D eigenvalue weighted by Crippen LogP contribution is -2.50. The zero-order valence-electron chi connectivity index (χ0n) is 10.0. The van der Waals surface area contributed by atoms with E-state index in [0.717, 1.165) is 6.04 Å². The second kappa shape index (κ2) is 7.34. The molecule has 0 radical (unpaired) electrons. The first kappa shape index (κ1) is 12.9. The molecule has 0 aromatic heterocycles. The van der Waals surface area contributed by atoms with Gasteiger partial charge in [0.2, 0.25) is 0 Å². The minimum absolute atomic E-state index is 0.746. The maximum absolute atomic E-state index is 2.56. The summed E-state index contributed by atoms with van der Waals surface area (Å²) < 4.78 is 0. The summed E-state index contributed by atoms with van der Waals surface area (Å²) in [6.45, 7) is 13.6. The van der Waals surface area contributed by atoms with Crippen LogP contribution in [0.2, 0.25) is 0 Å². The Kier molecular flexibility index (Phi) is 7.29. The first-order valence-electron chi connectivity index (χ1n) is 5.66. The van der Waals surface area contributed by atoms with Crippen LogP contribution < -0.4 is 0 Å². The lowest BCUT2D eigenvalue weighted by Gasteiger charge is -2.37. The van der Waals surface area contributed by atoms with Gasteiger partial charge in [0.15, 0.2) is 0 Å². The fourth-order valence-electron chi connectivity index (χ4n) is 1.64. The highest BCUT2D eigenvalue weighted by Crippen LogP contribution is 2.06. The Morgan fingerprint density at radius 3 is 2.31 bits per heavy atom. The number of rotatable bonds is 2. The van der Waals surface area contributed by atoms with Gasteiger partial charge in [0.25, 0.3) is 0 Å². The van der Waals surface area contributed by atoms with Crippen LogP contribution in [0.1, 0.15) is 34.1 Å². The molecule has 0 saturated carbocycles. The molecule has 0 N–H and O–H groups in total. The van der Waals surface area contributed by atoms with Crippen LogP contribution in [0.15, 0.2) is 0 Å². The van der Waals surface area contributed by atoms with Crippen molar-refractivity contribution in [2.45, 2.75) is 40.2 Å². The molecule has 1 rings (SSSR count).